The van der Waals surface area contributed by atoms with Crippen molar-refractivity contribution in [3.63, 3.8) is 0 Å². The van der Waals surface area contributed by atoms with Crippen molar-refractivity contribution in [2.75, 3.05) is 13.2 Å². The molecule has 0 radical (unpaired) electrons. The number of hydrogen-bond acceptors (Lipinski definition) is 4. The number of aliphatic hydroxyl groups is 2. The van der Waals surface area contributed by atoms with E-state index in [1.165, 1.54) is 0 Å². The summed E-state index contributed by atoms with van der Waals surface area (Å²) in [5.41, 5.74) is 1.59. The first-order chi connectivity index (χ1) is 8.79. The first-order valence-electron chi connectivity index (χ1n) is 6.58. The zero-order valence-electron chi connectivity index (χ0n) is 11.1. The molecule has 0 aliphatic carbocycles. The zero-order valence-corrected chi connectivity index (χ0v) is 11.1. The molecule has 0 saturated carbocycles. The molecule has 2 N–H and O–H groups in total. The van der Waals surface area contributed by atoms with Gasteiger partial charge in [-0.15, -0.1) is 0 Å². The summed E-state index contributed by atoms with van der Waals surface area (Å²) >= 11 is 0. The second-order valence-corrected chi connectivity index (χ2v) is 4.38. The number of hydrogen-bond donors (Lipinski definition) is 2. The van der Waals surface area contributed by atoms with Gasteiger partial charge in [0.05, 0.1) is 18.9 Å². The van der Waals surface area contributed by atoms with Crippen molar-refractivity contribution in [3.8, 4) is 5.75 Å². The topological polar surface area (TPSA) is 62.6 Å². The monoisotopic (exact) mass is 253 g/mol. The van der Waals surface area contributed by atoms with Gasteiger partial charge in [-0.05, 0) is 25.8 Å². The number of aromatic nitrogens is 1. The van der Waals surface area contributed by atoms with Crippen molar-refractivity contribution in [1.29, 1.82) is 0 Å². The Balaban J connectivity index is 2.23. The van der Waals surface area contributed by atoms with Crippen molar-refractivity contribution in [1.82, 2.24) is 4.98 Å². The van der Waals surface area contributed by atoms with Crippen LogP contribution in [0, 0.1) is 6.92 Å². The Labute approximate surface area is 109 Å². The van der Waals surface area contributed by atoms with Crippen molar-refractivity contribution >= 4 is 0 Å². The highest BCUT2D eigenvalue weighted by Crippen LogP contribution is 2.19. The lowest BCUT2D eigenvalue weighted by Crippen LogP contribution is -2.02. The van der Waals surface area contributed by atoms with Crippen LogP contribution < -0.4 is 4.74 Å². The molecule has 0 atom stereocenters. The van der Waals surface area contributed by atoms with Crippen molar-refractivity contribution in [2.45, 2.75) is 45.6 Å². The van der Waals surface area contributed by atoms with Gasteiger partial charge in [-0.25, -0.2) is 0 Å². The first-order valence-corrected chi connectivity index (χ1v) is 6.58. The summed E-state index contributed by atoms with van der Waals surface area (Å²) in [6, 6.07) is 1.83. The number of nitrogens with zero attached hydrogens (tertiary/aromatic N) is 1. The first kappa shape index (κ1) is 14.9. The minimum absolute atomic E-state index is 0.0514. The van der Waals surface area contributed by atoms with Crippen molar-refractivity contribution in [2.24, 2.45) is 0 Å². The molecular weight excluding hydrogens is 230 g/mol. The lowest BCUT2D eigenvalue weighted by molar-refractivity contribution is 0.269. The number of pyridine rings is 1. The van der Waals surface area contributed by atoms with Gasteiger partial charge in [0.15, 0.2) is 0 Å². The van der Waals surface area contributed by atoms with E-state index in [-0.39, 0.29) is 13.2 Å². The van der Waals surface area contributed by atoms with Gasteiger partial charge in [-0.3, -0.25) is 4.98 Å². The summed E-state index contributed by atoms with van der Waals surface area (Å²) in [4.78, 5) is 4.08. The molecule has 4 heteroatoms. The maximum absolute atomic E-state index is 9.10. The third-order valence-corrected chi connectivity index (χ3v) is 2.97. The predicted molar refractivity (Wildman–Crippen MR) is 70.6 cm³/mol. The molecule has 0 aromatic carbocycles. The summed E-state index contributed by atoms with van der Waals surface area (Å²) in [5, 5.41) is 17.7. The standard InChI is InChI=1S/C14H23NO3/c1-12-13(11-17)15-8-7-14(12)18-10-6-4-2-3-5-9-16/h7-8,16-17H,2-6,9-11H2,1H3. The fourth-order valence-corrected chi connectivity index (χ4v) is 1.80. The van der Waals surface area contributed by atoms with Gasteiger partial charge >= 0.3 is 0 Å². The van der Waals surface area contributed by atoms with Crippen LogP contribution in [0.4, 0.5) is 0 Å². The summed E-state index contributed by atoms with van der Waals surface area (Å²) < 4.78 is 5.69. The van der Waals surface area contributed by atoms with Gasteiger partial charge in [0, 0.05) is 18.4 Å². The number of ether oxygens (including phenoxy) is 1. The van der Waals surface area contributed by atoms with Crippen LogP contribution in [0.3, 0.4) is 0 Å². The molecule has 0 saturated heterocycles. The summed E-state index contributed by atoms with van der Waals surface area (Å²) in [6.07, 6.45) is 6.92. The molecule has 1 rings (SSSR count). The molecule has 0 fully saturated rings. The quantitative estimate of drug-likeness (QED) is 0.662. The predicted octanol–water partition coefficient (Wildman–Crippen LogP) is 2.20. The van der Waals surface area contributed by atoms with Gasteiger partial charge in [0.1, 0.15) is 5.75 Å². The summed E-state index contributed by atoms with van der Waals surface area (Å²) in [6.45, 7) is 2.84. The lowest BCUT2D eigenvalue weighted by Gasteiger charge is -2.10. The molecule has 4 nitrogen and oxygen atoms in total. The summed E-state index contributed by atoms with van der Waals surface area (Å²) in [5.74, 6) is 0.810. The largest absolute Gasteiger partial charge is 0.493 e. The fourth-order valence-electron chi connectivity index (χ4n) is 1.80. The Morgan fingerprint density at radius 3 is 2.56 bits per heavy atom. The second kappa shape index (κ2) is 8.89. The molecule has 0 unspecified atom stereocenters. The molecule has 18 heavy (non-hydrogen) atoms. The van der Waals surface area contributed by atoms with Gasteiger partial charge < -0.3 is 14.9 Å². The van der Waals surface area contributed by atoms with Crippen LogP contribution in [-0.2, 0) is 6.61 Å². The molecule has 0 spiro atoms. The second-order valence-electron chi connectivity index (χ2n) is 4.38. The van der Waals surface area contributed by atoms with E-state index in [4.69, 9.17) is 14.9 Å². The van der Waals surface area contributed by atoms with Crippen LogP contribution in [0.25, 0.3) is 0 Å². The number of rotatable bonds is 9. The lowest BCUT2D eigenvalue weighted by atomic mass is 10.1. The smallest absolute Gasteiger partial charge is 0.125 e. The minimum Gasteiger partial charge on any atom is -0.493 e. The van der Waals surface area contributed by atoms with Crippen LogP contribution in [0.1, 0.15) is 43.4 Å². The van der Waals surface area contributed by atoms with E-state index in [1.807, 2.05) is 13.0 Å². The van der Waals surface area contributed by atoms with E-state index in [1.54, 1.807) is 6.20 Å². The van der Waals surface area contributed by atoms with Gasteiger partial charge in [-0.2, -0.15) is 0 Å². The Hall–Kier alpha value is -1.13. The molecule has 1 heterocycles. The van der Waals surface area contributed by atoms with Crippen LogP contribution in [0.5, 0.6) is 5.75 Å². The highest BCUT2D eigenvalue weighted by Gasteiger charge is 2.04. The Kier molecular flexibility index (Phi) is 7.37. The number of unbranched alkanes of at least 4 members (excludes halogenated alkanes) is 4. The SMILES string of the molecule is Cc1c(OCCCCCCCO)ccnc1CO. The minimum atomic E-state index is -0.0514. The molecule has 0 bridgehead atoms. The van der Waals surface area contributed by atoms with Crippen molar-refractivity contribution in [3.05, 3.63) is 23.5 Å². The normalized spacial score (nSPS) is 10.6. The van der Waals surface area contributed by atoms with Gasteiger partial charge in [-0.1, -0.05) is 19.3 Å². The number of aliphatic hydroxyl groups excluding tert-OH is 2. The molecule has 0 aliphatic heterocycles. The average Bonchev–Trinajstić information content (AvgIpc) is 2.39. The van der Waals surface area contributed by atoms with Crippen LogP contribution >= 0.6 is 0 Å². The fraction of sp³-hybridized carbons (Fsp3) is 0.643. The third-order valence-electron chi connectivity index (χ3n) is 2.97. The molecular formula is C14H23NO3. The van der Waals surface area contributed by atoms with Crippen molar-refractivity contribution < 1.29 is 14.9 Å². The van der Waals surface area contributed by atoms with E-state index in [9.17, 15) is 0 Å². The maximum atomic E-state index is 9.10. The molecule has 0 amide bonds. The van der Waals surface area contributed by atoms with Gasteiger partial charge in [0.25, 0.3) is 0 Å². The highest BCUT2D eigenvalue weighted by molar-refractivity contribution is 5.34. The molecule has 0 aliphatic rings. The van der Waals surface area contributed by atoms with E-state index in [0.29, 0.717) is 12.3 Å². The van der Waals surface area contributed by atoms with Gasteiger partial charge in [0.2, 0.25) is 0 Å². The Morgan fingerprint density at radius 2 is 1.83 bits per heavy atom. The Morgan fingerprint density at radius 1 is 1.11 bits per heavy atom. The third kappa shape index (κ3) is 5.02. The van der Waals surface area contributed by atoms with E-state index >= 15 is 0 Å². The maximum Gasteiger partial charge on any atom is 0.125 e. The van der Waals surface area contributed by atoms with E-state index < -0.39 is 0 Å². The van der Waals surface area contributed by atoms with Crippen LogP contribution in [0.15, 0.2) is 12.3 Å². The highest BCUT2D eigenvalue weighted by atomic mass is 16.5. The molecule has 1 aromatic heterocycles. The van der Waals surface area contributed by atoms with E-state index in [0.717, 1.165) is 43.4 Å². The molecule has 102 valence electrons. The Bertz CT molecular complexity index is 342. The van der Waals surface area contributed by atoms with Crippen LogP contribution in [-0.4, -0.2) is 28.4 Å². The molecule has 1 aromatic rings. The summed E-state index contributed by atoms with van der Waals surface area (Å²) in [7, 11) is 0. The van der Waals surface area contributed by atoms with E-state index in [2.05, 4.69) is 4.98 Å². The zero-order chi connectivity index (χ0) is 13.2. The average molecular weight is 253 g/mol. The van der Waals surface area contributed by atoms with Crippen LogP contribution in [0.2, 0.25) is 0 Å².